The maximum absolute atomic E-state index is 11.7. The van der Waals surface area contributed by atoms with Gasteiger partial charge in [-0.05, 0) is 49.3 Å². The molecule has 174 valence electrons. The predicted molar refractivity (Wildman–Crippen MR) is 134 cm³/mol. The standard InChI is InChI=1S/C23H36N4O3.HI/c1-24-21(28)16-18-8-12-27(13-9-18)22(25-2)26-17-23(10-14-30-15-11-23)19-4-6-20(29-3)7-5-19;/h4-7,18H,8-17H2,1-3H3,(H,24,28)(H,25,26);1H. The van der Waals surface area contributed by atoms with Crippen molar-refractivity contribution >= 4 is 35.8 Å². The first-order valence-corrected chi connectivity index (χ1v) is 11.0. The van der Waals surface area contributed by atoms with Gasteiger partial charge >= 0.3 is 0 Å². The van der Waals surface area contributed by atoms with Gasteiger partial charge in [-0.1, -0.05) is 12.1 Å². The number of halogens is 1. The molecule has 1 amide bonds. The maximum Gasteiger partial charge on any atom is 0.220 e. The Kier molecular flexibility index (Phi) is 10.3. The molecule has 2 N–H and O–H groups in total. The number of ether oxygens (including phenoxy) is 2. The number of piperidine rings is 1. The zero-order chi connectivity index (χ0) is 21.4. The van der Waals surface area contributed by atoms with E-state index in [9.17, 15) is 4.79 Å². The topological polar surface area (TPSA) is 75.2 Å². The van der Waals surface area contributed by atoms with Crippen LogP contribution < -0.4 is 15.4 Å². The van der Waals surface area contributed by atoms with Gasteiger partial charge < -0.3 is 25.0 Å². The molecular weight excluding hydrogens is 507 g/mol. The van der Waals surface area contributed by atoms with E-state index in [0.29, 0.717) is 12.3 Å². The number of guanidine groups is 1. The van der Waals surface area contributed by atoms with Gasteiger partial charge in [0.25, 0.3) is 0 Å². The number of likely N-dealkylation sites (tertiary alicyclic amines) is 1. The van der Waals surface area contributed by atoms with Crippen molar-refractivity contribution in [1.29, 1.82) is 0 Å². The number of hydrogen-bond acceptors (Lipinski definition) is 4. The van der Waals surface area contributed by atoms with Crippen molar-refractivity contribution < 1.29 is 14.3 Å². The fraction of sp³-hybridized carbons (Fsp3) is 0.652. The Hall–Kier alpha value is -1.55. The zero-order valence-electron chi connectivity index (χ0n) is 19.0. The van der Waals surface area contributed by atoms with Crippen molar-refractivity contribution in [3.05, 3.63) is 29.8 Å². The normalized spacial score (nSPS) is 19.3. The molecule has 1 aromatic carbocycles. The third-order valence-electron chi connectivity index (χ3n) is 6.62. The number of nitrogens with one attached hydrogen (secondary N) is 2. The minimum Gasteiger partial charge on any atom is -0.497 e. The van der Waals surface area contributed by atoms with Gasteiger partial charge in [-0.2, -0.15) is 0 Å². The van der Waals surface area contributed by atoms with Crippen molar-refractivity contribution in [3.8, 4) is 5.75 Å². The molecule has 0 unspecified atom stereocenters. The van der Waals surface area contributed by atoms with Crippen molar-refractivity contribution in [2.24, 2.45) is 10.9 Å². The second-order valence-electron chi connectivity index (χ2n) is 8.33. The van der Waals surface area contributed by atoms with Gasteiger partial charge in [0, 0.05) is 58.8 Å². The average molecular weight is 544 g/mol. The summed E-state index contributed by atoms with van der Waals surface area (Å²) >= 11 is 0. The van der Waals surface area contributed by atoms with Crippen LogP contribution in [-0.4, -0.2) is 70.8 Å². The zero-order valence-corrected chi connectivity index (χ0v) is 21.3. The molecular formula is C23H37IN4O3. The molecule has 2 heterocycles. The van der Waals surface area contributed by atoms with E-state index >= 15 is 0 Å². The van der Waals surface area contributed by atoms with Crippen LogP contribution in [0.1, 0.15) is 37.7 Å². The monoisotopic (exact) mass is 544 g/mol. The number of hydrogen-bond donors (Lipinski definition) is 2. The lowest BCUT2D eigenvalue weighted by molar-refractivity contribution is -0.121. The molecule has 7 nitrogen and oxygen atoms in total. The Morgan fingerprint density at radius 1 is 1.23 bits per heavy atom. The molecule has 3 rings (SSSR count). The fourth-order valence-corrected chi connectivity index (χ4v) is 4.57. The number of carbonyl (C=O) groups is 1. The molecule has 31 heavy (non-hydrogen) atoms. The molecule has 2 aliphatic rings. The van der Waals surface area contributed by atoms with Crippen molar-refractivity contribution in [2.75, 3.05) is 54.1 Å². The molecule has 0 radical (unpaired) electrons. The second kappa shape index (κ2) is 12.5. The van der Waals surface area contributed by atoms with Crippen molar-refractivity contribution in [2.45, 2.75) is 37.5 Å². The fourth-order valence-electron chi connectivity index (χ4n) is 4.57. The van der Waals surface area contributed by atoms with Gasteiger partial charge in [0.15, 0.2) is 5.96 Å². The summed E-state index contributed by atoms with van der Waals surface area (Å²) in [6.07, 6.45) is 4.63. The summed E-state index contributed by atoms with van der Waals surface area (Å²) in [4.78, 5) is 18.5. The van der Waals surface area contributed by atoms with E-state index in [2.05, 4.69) is 32.7 Å². The SMILES string of the molecule is CN=C(NCC1(c2ccc(OC)cc2)CCOCC1)N1CCC(CC(=O)NC)CC1.I. The molecule has 2 saturated heterocycles. The maximum atomic E-state index is 11.7. The van der Waals surface area contributed by atoms with E-state index in [1.54, 1.807) is 14.2 Å². The number of aliphatic imine (C=N–C) groups is 1. The van der Waals surface area contributed by atoms with E-state index in [1.807, 2.05) is 19.2 Å². The Labute approximate surface area is 203 Å². The number of benzene rings is 1. The Morgan fingerprint density at radius 2 is 1.87 bits per heavy atom. The van der Waals surface area contributed by atoms with E-state index in [0.717, 1.165) is 70.2 Å². The number of carbonyl (C=O) groups excluding carboxylic acids is 1. The summed E-state index contributed by atoms with van der Waals surface area (Å²) in [6.45, 7) is 4.24. The number of nitrogens with zero attached hydrogens (tertiary/aromatic N) is 2. The highest BCUT2D eigenvalue weighted by Crippen LogP contribution is 2.35. The minimum absolute atomic E-state index is 0. The van der Waals surface area contributed by atoms with Crippen LogP contribution in [0, 0.1) is 5.92 Å². The van der Waals surface area contributed by atoms with Gasteiger partial charge in [-0.25, -0.2) is 0 Å². The Balaban J connectivity index is 0.00000341. The molecule has 8 heteroatoms. The van der Waals surface area contributed by atoms with Gasteiger partial charge in [-0.15, -0.1) is 24.0 Å². The van der Waals surface area contributed by atoms with E-state index in [1.165, 1.54) is 5.56 Å². The van der Waals surface area contributed by atoms with Crippen LogP contribution in [0.2, 0.25) is 0 Å². The molecule has 0 atom stereocenters. The Bertz CT molecular complexity index is 712. The number of amides is 1. The smallest absolute Gasteiger partial charge is 0.220 e. The first-order valence-electron chi connectivity index (χ1n) is 11.0. The highest BCUT2D eigenvalue weighted by Gasteiger charge is 2.35. The highest BCUT2D eigenvalue weighted by atomic mass is 127. The summed E-state index contributed by atoms with van der Waals surface area (Å²) in [5.41, 5.74) is 1.34. The average Bonchev–Trinajstić information content (AvgIpc) is 2.81. The largest absolute Gasteiger partial charge is 0.497 e. The lowest BCUT2D eigenvalue weighted by atomic mass is 9.74. The quantitative estimate of drug-likeness (QED) is 0.328. The van der Waals surface area contributed by atoms with Crippen LogP contribution in [0.3, 0.4) is 0 Å². The van der Waals surface area contributed by atoms with E-state index in [4.69, 9.17) is 9.47 Å². The lowest BCUT2D eigenvalue weighted by Crippen LogP contribution is -2.51. The minimum atomic E-state index is 0. The van der Waals surface area contributed by atoms with Crippen LogP contribution in [0.5, 0.6) is 5.75 Å². The molecule has 2 fully saturated rings. The summed E-state index contributed by atoms with van der Waals surface area (Å²) in [5, 5.41) is 6.39. The van der Waals surface area contributed by atoms with Crippen molar-refractivity contribution in [3.63, 3.8) is 0 Å². The number of rotatable bonds is 6. The third kappa shape index (κ3) is 6.71. The van der Waals surface area contributed by atoms with E-state index in [-0.39, 0.29) is 35.3 Å². The molecule has 2 aliphatic heterocycles. The lowest BCUT2D eigenvalue weighted by Gasteiger charge is -2.40. The summed E-state index contributed by atoms with van der Waals surface area (Å²) in [7, 11) is 5.25. The highest BCUT2D eigenvalue weighted by molar-refractivity contribution is 14.0. The second-order valence-corrected chi connectivity index (χ2v) is 8.33. The first kappa shape index (κ1) is 25.7. The van der Waals surface area contributed by atoms with Crippen LogP contribution in [0.25, 0.3) is 0 Å². The van der Waals surface area contributed by atoms with Gasteiger partial charge in [0.2, 0.25) is 5.91 Å². The summed E-state index contributed by atoms with van der Waals surface area (Å²) in [5.74, 6) is 2.43. The molecule has 0 saturated carbocycles. The molecule has 0 bridgehead atoms. The molecule has 0 aromatic heterocycles. The Morgan fingerprint density at radius 3 is 2.42 bits per heavy atom. The third-order valence-corrected chi connectivity index (χ3v) is 6.62. The first-order chi connectivity index (χ1) is 14.6. The molecule has 1 aromatic rings. The van der Waals surface area contributed by atoms with Gasteiger partial charge in [0.05, 0.1) is 7.11 Å². The summed E-state index contributed by atoms with van der Waals surface area (Å²) < 4.78 is 11.0. The molecule has 0 spiro atoms. The summed E-state index contributed by atoms with van der Waals surface area (Å²) in [6, 6.07) is 8.44. The van der Waals surface area contributed by atoms with Crippen LogP contribution in [0.15, 0.2) is 29.3 Å². The van der Waals surface area contributed by atoms with E-state index < -0.39 is 0 Å². The predicted octanol–water partition coefficient (Wildman–Crippen LogP) is 2.78. The van der Waals surface area contributed by atoms with Crippen molar-refractivity contribution in [1.82, 2.24) is 15.5 Å². The van der Waals surface area contributed by atoms with Crippen LogP contribution >= 0.6 is 24.0 Å². The van der Waals surface area contributed by atoms with Crippen LogP contribution in [-0.2, 0) is 14.9 Å². The number of methoxy groups -OCH3 is 1. The molecule has 0 aliphatic carbocycles. The van der Waals surface area contributed by atoms with Crippen LogP contribution in [0.4, 0.5) is 0 Å². The van der Waals surface area contributed by atoms with Gasteiger partial charge in [0.1, 0.15) is 5.75 Å². The van der Waals surface area contributed by atoms with Gasteiger partial charge in [-0.3, -0.25) is 9.79 Å².